The maximum absolute atomic E-state index is 12.6. The maximum Gasteiger partial charge on any atom is 0.266 e. The lowest BCUT2D eigenvalue weighted by Crippen LogP contribution is -2.29. The summed E-state index contributed by atoms with van der Waals surface area (Å²) in [5, 5.41) is 2.85. The molecule has 0 atom stereocenters. The molecule has 0 spiro atoms. The van der Waals surface area contributed by atoms with Gasteiger partial charge >= 0.3 is 0 Å². The molecule has 0 unspecified atom stereocenters. The third kappa shape index (κ3) is 5.92. The molecule has 1 aliphatic rings. The first kappa shape index (κ1) is 21.1. The minimum Gasteiger partial charge on any atom is -0.494 e. The molecule has 2 amide bonds. The SMILES string of the molecule is CCOc1ccc(NC(=O)CCCN2C(=O)/C(=C/c3ccccc3)SC2=S)cc1. The number of thiocarbonyl (C=S) groups is 1. The van der Waals surface area contributed by atoms with E-state index in [9.17, 15) is 9.59 Å². The van der Waals surface area contributed by atoms with Crippen LogP contribution >= 0.6 is 24.0 Å². The molecule has 0 bridgehead atoms. The van der Waals surface area contributed by atoms with Gasteiger partial charge in [0.1, 0.15) is 10.1 Å². The number of rotatable bonds is 8. The van der Waals surface area contributed by atoms with Crippen LogP contribution in [0.25, 0.3) is 6.08 Å². The number of ether oxygens (including phenoxy) is 1. The van der Waals surface area contributed by atoms with Crippen molar-refractivity contribution in [1.29, 1.82) is 0 Å². The number of carbonyl (C=O) groups is 2. The second-order valence-corrected chi connectivity index (χ2v) is 8.03. The average molecular weight is 427 g/mol. The van der Waals surface area contributed by atoms with E-state index in [-0.39, 0.29) is 11.8 Å². The number of anilines is 1. The van der Waals surface area contributed by atoms with Crippen LogP contribution in [0.15, 0.2) is 59.5 Å². The number of hydrogen-bond donors (Lipinski definition) is 1. The minimum atomic E-state index is -0.101. The quantitative estimate of drug-likeness (QED) is 0.490. The fourth-order valence-electron chi connectivity index (χ4n) is 2.82. The Bertz CT molecular complexity index is 911. The Kier molecular flexibility index (Phi) is 7.43. The van der Waals surface area contributed by atoms with Crippen molar-refractivity contribution >= 4 is 51.9 Å². The standard InChI is InChI=1S/C22H22N2O3S2/c1-2-27-18-12-10-17(11-13-18)23-20(25)9-6-14-24-21(26)19(29-22(24)28)15-16-7-4-3-5-8-16/h3-5,7-8,10-13,15H,2,6,9,14H2,1H3,(H,23,25)/b19-15-. The summed E-state index contributed by atoms with van der Waals surface area (Å²) in [7, 11) is 0. The van der Waals surface area contributed by atoms with Crippen LogP contribution in [0.4, 0.5) is 5.69 Å². The molecule has 0 aliphatic carbocycles. The largest absolute Gasteiger partial charge is 0.494 e. The van der Waals surface area contributed by atoms with E-state index in [2.05, 4.69) is 5.32 Å². The summed E-state index contributed by atoms with van der Waals surface area (Å²) < 4.78 is 5.92. The summed E-state index contributed by atoms with van der Waals surface area (Å²) in [6, 6.07) is 16.9. The molecule has 3 rings (SSSR count). The maximum atomic E-state index is 12.6. The molecule has 7 heteroatoms. The lowest BCUT2D eigenvalue weighted by molar-refractivity contribution is -0.122. The number of benzene rings is 2. The number of thioether (sulfide) groups is 1. The van der Waals surface area contributed by atoms with E-state index in [1.54, 1.807) is 17.0 Å². The Balaban J connectivity index is 1.48. The molecule has 0 radical (unpaired) electrons. The van der Waals surface area contributed by atoms with Crippen LogP contribution in [0, 0.1) is 0 Å². The second-order valence-electron chi connectivity index (χ2n) is 6.35. The van der Waals surface area contributed by atoms with Crippen LogP contribution in [-0.2, 0) is 9.59 Å². The minimum absolute atomic E-state index is 0.0978. The van der Waals surface area contributed by atoms with Gasteiger partial charge in [0.25, 0.3) is 5.91 Å². The Labute approximate surface area is 180 Å². The summed E-state index contributed by atoms with van der Waals surface area (Å²) in [6.45, 7) is 2.95. The van der Waals surface area contributed by atoms with Crippen molar-refractivity contribution in [1.82, 2.24) is 4.90 Å². The predicted molar refractivity (Wildman–Crippen MR) is 122 cm³/mol. The van der Waals surface area contributed by atoms with Gasteiger partial charge < -0.3 is 10.1 Å². The van der Waals surface area contributed by atoms with Crippen molar-refractivity contribution in [3.63, 3.8) is 0 Å². The topological polar surface area (TPSA) is 58.6 Å². The fraction of sp³-hybridized carbons (Fsp3) is 0.227. The van der Waals surface area contributed by atoms with E-state index >= 15 is 0 Å². The van der Waals surface area contributed by atoms with Gasteiger partial charge in [-0.25, -0.2) is 0 Å². The van der Waals surface area contributed by atoms with Crippen molar-refractivity contribution in [2.75, 3.05) is 18.5 Å². The number of nitrogens with one attached hydrogen (secondary N) is 1. The molecule has 2 aromatic carbocycles. The van der Waals surface area contributed by atoms with E-state index in [0.29, 0.717) is 35.2 Å². The van der Waals surface area contributed by atoms with Gasteiger partial charge in [-0.3, -0.25) is 14.5 Å². The molecular formula is C22H22N2O3S2. The molecule has 0 saturated carbocycles. The van der Waals surface area contributed by atoms with Gasteiger partial charge in [0.05, 0.1) is 11.5 Å². The smallest absolute Gasteiger partial charge is 0.266 e. The predicted octanol–water partition coefficient (Wildman–Crippen LogP) is 4.71. The first-order valence-electron chi connectivity index (χ1n) is 9.40. The molecule has 2 aromatic rings. The van der Waals surface area contributed by atoms with Crippen LogP contribution in [0.2, 0.25) is 0 Å². The highest BCUT2D eigenvalue weighted by molar-refractivity contribution is 8.26. The molecule has 1 heterocycles. The zero-order valence-electron chi connectivity index (χ0n) is 16.1. The Morgan fingerprint density at radius 2 is 1.90 bits per heavy atom. The van der Waals surface area contributed by atoms with Gasteiger partial charge in [-0.2, -0.15) is 0 Å². The van der Waals surface area contributed by atoms with E-state index in [0.717, 1.165) is 17.0 Å². The summed E-state index contributed by atoms with van der Waals surface area (Å²) in [5.74, 6) is 0.568. The summed E-state index contributed by atoms with van der Waals surface area (Å²) in [6.07, 6.45) is 2.69. The third-order valence-corrected chi connectivity index (χ3v) is 5.58. The Morgan fingerprint density at radius 1 is 1.17 bits per heavy atom. The summed E-state index contributed by atoms with van der Waals surface area (Å²) in [4.78, 5) is 27.0. The first-order valence-corrected chi connectivity index (χ1v) is 10.6. The highest BCUT2D eigenvalue weighted by Crippen LogP contribution is 2.32. The molecule has 29 heavy (non-hydrogen) atoms. The highest BCUT2D eigenvalue weighted by atomic mass is 32.2. The molecule has 5 nitrogen and oxygen atoms in total. The van der Waals surface area contributed by atoms with Gasteiger partial charge in [-0.15, -0.1) is 0 Å². The summed E-state index contributed by atoms with van der Waals surface area (Å²) in [5.41, 5.74) is 1.68. The number of amides is 2. The van der Waals surface area contributed by atoms with Gasteiger partial charge in [0, 0.05) is 18.7 Å². The third-order valence-electron chi connectivity index (χ3n) is 4.21. The first-order chi connectivity index (χ1) is 14.1. The van der Waals surface area contributed by atoms with E-state index in [1.807, 2.05) is 55.5 Å². The van der Waals surface area contributed by atoms with Gasteiger partial charge in [0.15, 0.2) is 0 Å². The Hall–Kier alpha value is -2.64. The molecule has 0 aromatic heterocycles. The number of hydrogen-bond acceptors (Lipinski definition) is 5. The van der Waals surface area contributed by atoms with E-state index in [4.69, 9.17) is 17.0 Å². The number of carbonyl (C=O) groups excluding carboxylic acids is 2. The van der Waals surface area contributed by atoms with Crippen molar-refractivity contribution < 1.29 is 14.3 Å². The normalized spacial score (nSPS) is 15.1. The van der Waals surface area contributed by atoms with Crippen LogP contribution in [-0.4, -0.2) is 34.2 Å². The fourth-order valence-corrected chi connectivity index (χ4v) is 4.12. The van der Waals surface area contributed by atoms with Crippen LogP contribution in [0.5, 0.6) is 5.75 Å². The summed E-state index contributed by atoms with van der Waals surface area (Å²) >= 11 is 6.64. The molecule has 1 saturated heterocycles. The van der Waals surface area contributed by atoms with Crippen molar-refractivity contribution in [3.05, 3.63) is 65.1 Å². The lowest BCUT2D eigenvalue weighted by atomic mass is 10.2. The highest BCUT2D eigenvalue weighted by Gasteiger charge is 2.31. The zero-order chi connectivity index (χ0) is 20.6. The van der Waals surface area contributed by atoms with E-state index < -0.39 is 0 Å². The lowest BCUT2D eigenvalue weighted by Gasteiger charge is -2.14. The van der Waals surface area contributed by atoms with Crippen molar-refractivity contribution in [3.8, 4) is 5.75 Å². The number of nitrogens with zero attached hydrogens (tertiary/aromatic N) is 1. The van der Waals surface area contributed by atoms with Gasteiger partial charge in [-0.05, 0) is 49.2 Å². The van der Waals surface area contributed by atoms with Gasteiger partial charge in [0.2, 0.25) is 5.91 Å². The van der Waals surface area contributed by atoms with Crippen molar-refractivity contribution in [2.45, 2.75) is 19.8 Å². The molecule has 1 aliphatic heterocycles. The zero-order valence-corrected chi connectivity index (χ0v) is 17.7. The monoisotopic (exact) mass is 426 g/mol. The van der Waals surface area contributed by atoms with Crippen LogP contribution in [0.1, 0.15) is 25.3 Å². The molecule has 150 valence electrons. The van der Waals surface area contributed by atoms with Crippen molar-refractivity contribution in [2.24, 2.45) is 0 Å². The van der Waals surface area contributed by atoms with E-state index in [1.165, 1.54) is 11.8 Å². The Morgan fingerprint density at radius 3 is 2.59 bits per heavy atom. The molecular weight excluding hydrogens is 404 g/mol. The van der Waals surface area contributed by atoms with Gasteiger partial charge in [-0.1, -0.05) is 54.3 Å². The molecule has 1 fully saturated rings. The molecule has 1 N–H and O–H groups in total. The second kappa shape index (κ2) is 10.2. The average Bonchev–Trinajstić information content (AvgIpc) is 2.98. The van der Waals surface area contributed by atoms with Crippen LogP contribution < -0.4 is 10.1 Å². The van der Waals surface area contributed by atoms with Crippen LogP contribution in [0.3, 0.4) is 0 Å².